The minimum absolute atomic E-state index is 0.0546. The second-order valence-electron chi connectivity index (χ2n) is 7.06. The number of nitrogens with one attached hydrogen (secondary N) is 1. The predicted molar refractivity (Wildman–Crippen MR) is 111 cm³/mol. The Morgan fingerprint density at radius 1 is 1.17 bits per heavy atom. The maximum Gasteiger partial charge on any atom is 0.325 e. The highest BCUT2D eigenvalue weighted by Crippen LogP contribution is 2.35. The van der Waals surface area contributed by atoms with Crippen LogP contribution in [0.1, 0.15) is 25.0 Å². The van der Waals surface area contributed by atoms with Gasteiger partial charge < -0.3 is 15.2 Å². The lowest BCUT2D eigenvalue weighted by Crippen LogP contribution is -2.43. The van der Waals surface area contributed by atoms with Crippen LogP contribution in [0.15, 0.2) is 42.5 Å². The highest BCUT2D eigenvalue weighted by Gasteiger charge is 2.50. The number of rotatable bonds is 7. The number of nitrogens with zero attached hydrogens (tertiary/aromatic N) is 1. The highest BCUT2D eigenvalue weighted by molar-refractivity contribution is 6.35. The van der Waals surface area contributed by atoms with E-state index in [-0.39, 0.29) is 18.2 Å². The van der Waals surface area contributed by atoms with Crippen molar-refractivity contribution in [3.8, 4) is 5.75 Å². The number of aliphatic hydroxyl groups is 1. The Kier molecular flexibility index (Phi) is 6.36. The Morgan fingerprint density at radius 2 is 1.86 bits per heavy atom. The molecule has 0 bridgehead atoms. The van der Waals surface area contributed by atoms with Crippen molar-refractivity contribution in [2.45, 2.75) is 31.9 Å². The summed E-state index contributed by atoms with van der Waals surface area (Å²) >= 11 is 12.1. The van der Waals surface area contributed by atoms with E-state index in [9.17, 15) is 14.7 Å². The lowest BCUT2D eigenvalue weighted by atomic mass is 9.92. The highest BCUT2D eigenvalue weighted by atomic mass is 35.5. The van der Waals surface area contributed by atoms with E-state index in [2.05, 4.69) is 12.2 Å². The smallest absolute Gasteiger partial charge is 0.325 e. The lowest BCUT2D eigenvalue weighted by Gasteiger charge is -2.24. The van der Waals surface area contributed by atoms with Gasteiger partial charge in [-0.15, -0.1) is 0 Å². The molecule has 29 heavy (non-hydrogen) atoms. The van der Waals surface area contributed by atoms with Crippen LogP contribution in [0.5, 0.6) is 5.75 Å². The Labute approximate surface area is 179 Å². The summed E-state index contributed by atoms with van der Waals surface area (Å²) in [6, 6.07) is 11.6. The number of hydrogen-bond donors (Lipinski definition) is 2. The maximum absolute atomic E-state index is 13.0. The van der Waals surface area contributed by atoms with Gasteiger partial charge in [0, 0.05) is 15.6 Å². The largest absolute Gasteiger partial charge is 0.491 e. The first-order chi connectivity index (χ1) is 13.7. The van der Waals surface area contributed by atoms with Crippen LogP contribution in [0.2, 0.25) is 10.0 Å². The number of carbonyl (C=O) groups excluding carboxylic acids is 2. The molecule has 2 atom stereocenters. The van der Waals surface area contributed by atoms with Crippen LogP contribution in [0.3, 0.4) is 0 Å². The van der Waals surface area contributed by atoms with Crippen LogP contribution in [0.25, 0.3) is 0 Å². The topological polar surface area (TPSA) is 78.9 Å². The van der Waals surface area contributed by atoms with Gasteiger partial charge >= 0.3 is 6.03 Å². The number of β-amino-alcohol motifs (C(OH)–C–C–N with tert-alkyl or cyclic N) is 1. The van der Waals surface area contributed by atoms with Crippen LogP contribution < -0.4 is 10.1 Å². The van der Waals surface area contributed by atoms with Gasteiger partial charge in [-0.3, -0.25) is 9.69 Å². The first-order valence-electron chi connectivity index (χ1n) is 9.24. The Morgan fingerprint density at radius 3 is 2.48 bits per heavy atom. The van der Waals surface area contributed by atoms with Crippen LogP contribution in [-0.4, -0.2) is 41.2 Å². The number of amides is 3. The van der Waals surface area contributed by atoms with Crippen molar-refractivity contribution in [2.75, 3.05) is 13.2 Å². The van der Waals surface area contributed by atoms with E-state index in [0.29, 0.717) is 16.3 Å². The number of urea groups is 1. The number of aliphatic hydroxyl groups excluding tert-OH is 1. The summed E-state index contributed by atoms with van der Waals surface area (Å²) < 4.78 is 5.56. The van der Waals surface area contributed by atoms with E-state index < -0.39 is 23.6 Å². The average Bonchev–Trinajstić information content (AvgIpc) is 2.90. The van der Waals surface area contributed by atoms with Crippen molar-refractivity contribution >= 4 is 35.1 Å². The van der Waals surface area contributed by atoms with Gasteiger partial charge in [-0.1, -0.05) is 48.3 Å². The molecule has 1 heterocycles. The van der Waals surface area contributed by atoms with E-state index in [0.717, 1.165) is 11.3 Å². The molecule has 1 saturated heterocycles. The number of benzene rings is 2. The van der Waals surface area contributed by atoms with Gasteiger partial charge in [0.2, 0.25) is 0 Å². The molecule has 3 amide bonds. The molecule has 2 aromatic rings. The molecule has 154 valence electrons. The molecule has 1 aliphatic rings. The second kappa shape index (κ2) is 8.61. The number of hydrogen-bond acceptors (Lipinski definition) is 4. The summed E-state index contributed by atoms with van der Waals surface area (Å²) in [5.41, 5.74) is 0.276. The molecule has 0 spiro atoms. The summed E-state index contributed by atoms with van der Waals surface area (Å²) in [5.74, 6) is 0.106. The van der Waals surface area contributed by atoms with Gasteiger partial charge in [0.05, 0.1) is 6.54 Å². The predicted octanol–water partition coefficient (Wildman–Crippen LogP) is 3.76. The second-order valence-corrected chi connectivity index (χ2v) is 7.90. The fourth-order valence-corrected chi connectivity index (χ4v) is 3.82. The van der Waals surface area contributed by atoms with E-state index in [1.165, 1.54) is 11.6 Å². The van der Waals surface area contributed by atoms with Crippen molar-refractivity contribution in [3.05, 3.63) is 63.6 Å². The molecular formula is C21H22Cl2N2O4. The quantitative estimate of drug-likeness (QED) is 0.647. The normalized spacial score (nSPS) is 20.0. The molecule has 0 radical (unpaired) electrons. The molecular weight excluding hydrogens is 415 g/mol. The standard InChI is InChI=1S/C21H22Cl2N2O4/c1-3-13-4-7-16(8-5-13)29-12-15(26)11-25-19(27)21(2,24-20(25)28)17-9-6-14(22)10-18(17)23/h4-10,15,26H,3,11-12H2,1-2H3,(H,24,28). The van der Waals surface area contributed by atoms with Gasteiger partial charge in [-0.25, -0.2) is 4.79 Å². The minimum Gasteiger partial charge on any atom is -0.491 e. The summed E-state index contributed by atoms with van der Waals surface area (Å²) in [6.45, 7) is 3.38. The Bertz CT molecular complexity index is 919. The lowest BCUT2D eigenvalue weighted by molar-refractivity contribution is -0.132. The van der Waals surface area contributed by atoms with Gasteiger partial charge in [0.25, 0.3) is 5.91 Å². The SMILES string of the molecule is CCc1ccc(OCC(O)CN2C(=O)NC(C)(c3ccc(Cl)cc3Cl)C2=O)cc1. The van der Waals surface area contributed by atoms with Crippen LogP contribution in [0, 0.1) is 0 Å². The molecule has 0 saturated carbocycles. The summed E-state index contributed by atoms with van der Waals surface area (Å²) in [6.07, 6.45) is -0.121. The van der Waals surface area contributed by atoms with Crippen LogP contribution in [-0.2, 0) is 16.8 Å². The Balaban J connectivity index is 1.66. The zero-order chi connectivity index (χ0) is 21.2. The summed E-state index contributed by atoms with van der Waals surface area (Å²) in [4.78, 5) is 26.3. The van der Waals surface area contributed by atoms with Crippen molar-refractivity contribution in [3.63, 3.8) is 0 Å². The molecule has 1 aliphatic heterocycles. The fourth-order valence-electron chi connectivity index (χ4n) is 3.22. The van der Waals surface area contributed by atoms with E-state index >= 15 is 0 Å². The number of carbonyl (C=O) groups is 2. The third-order valence-electron chi connectivity index (χ3n) is 4.91. The number of aryl methyl sites for hydroxylation is 1. The van der Waals surface area contributed by atoms with Crippen molar-refractivity contribution in [2.24, 2.45) is 0 Å². The molecule has 2 N–H and O–H groups in total. The first-order valence-corrected chi connectivity index (χ1v) is 9.99. The van der Waals surface area contributed by atoms with Gasteiger partial charge in [-0.05, 0) is 43.2 Å². The maximum atomic E-state index is 13.0. The van der Waals surface area contributed by atoms with E-state index in [4.69, 9.17) is 27.9 Å². The minimum atomic E-state index is -1.34. The zero-order valence-electron chi connectivity index (χ0n) is 16.1. The zero-order valence-corrected chi connectivity index (χ0v) is 17.6. The van der Waals surface area contributed by atoms with E-state index in [1.54, 1.807) is 19.1 Å². The molecule has 6 nitrogen and oxygen atoms in total. The number of ether oxygens (including phenoxy) is 1. The van der Waals surface area contributed by atoms with Crippen molar-refractivity contribution < 1.29 is 19.4 Å². The third kappa shape index (κ3) is 4.50. The van der Waals surface area contributed by atoms with Crippen LogP contribution in [0.4, 0.5) is 4.79 Å². The molecule has 2 unspecified atom stereocenters. The monoisotopic (exact) mass is 436 g/mol. The molecule has 0 aliphatic carbocycles. The van der Waals surface area contributed by atoms with Crippen molar-refractivity contribution in [1.29, 1.82) is 0 Å². The third-order valence-corrected chi connectivity index (χ3v) is 5.46. The summed E-state index contributed by atoms with van der Waals surface area (Å²) in [5, 5.41) is 13.7. The average molecular weight is 437 g/mol. The fraction of sp³-hybridized carbons (Fsp3) is 0.333. The van der Waals surface area contributed by atoms with Gasteiger partial charge in [-0.2, -0.15) is 0 Å². The van der Waals surface area contributed by atoms with E-state index in [1.807, 2.05) is 24.3 Å². The molecule has 0 aromatic heterocycles. The Hall–Kier alpha value is -2.28. The molecule has 2 aromatic carbocycles. The van der Waals surface area contributed by atoms with Gasteiger partial charge in [0.1, 0.15) is 24.0 Å². The number of imide groups is 1. The molecule has 3 rings (SSSR count). The van der Waals surface area contributed by atoms with Gasteiger partial charge in [0.15, 0.2) is 0 Å². The summed E-state index contributed by atoms with van der Waals surface area (Å²) in [7, 11) is 0. The number of halogens is 2. The molecule has 1 fully saturated rings. The molecule has 8 heteroatoms. The van der Waals surface area contributed by atoms with Crippen LogP contribution >= 0.6 is 23.2 Å². The first kappa shape index (κ1) is 21.4. The van der Waals surface area contributed by atoms with Crippen molar-refractivity contribution in [1.82, 2.24) is 10.2 Å².